The van der Waals surface area contributed by atoms with Crippen molar-refractivity contribution in [2.45, 2.75) is 25.5 Å². The Bertz CT molecular complexity index is 1140. The summed E-state index contributed by atoms with van der Waals surface area (Å²) in [6.07, 6.45) is 0.111. The molecule has 2 atom stereocenters. The van der Waals surface area contributed by atoms with Crippen molar-refractivity contribution < 1.29 is 23.9 Å². The predicted molar refractivity (Wildman–Crippen MR) is 131 cm³/mol. The van der Waals surface area contributed by atoms with Gasteiger partial charge in [-0.05, 0) is 43.7 Å². The van der Waals surface area contributed by atoms with E-state index >= 15 is 0 Å². The summed E-state index contributed by atoms with van der Waals surface area (Å²) in [6.45, 7) is 3.06. The zero-order chi connectivity index (χ0) is 25.5. The molecule has 0 radical (unpaired) electrons. The van der Waals surface area contributed by atoms with E-state index in [9.17, 15) is 19.2 Å². The first-order valence-corrected chi connectivity index (χ1v) is 11.4. The van der Waals surface area contributed by atoms with Gasteiger partial charge in [0.1, 0.15) is 11.4 Å². The third-order valence-corrected chi connectivity index (χ3v) is 5.89. The fourth-order valence-corrected chi connectivity index (χ4v) is 3.93. The van der Waals surface area contributed by atoms with E-state index in [2.05, 4.69) is 15.6 Å². The van der Waals surface area contributed by atoms with Gasteiger partial charge < -0.3 is 30.8 Å². The van der Waals surface area contributed by atoms with Crippen LogP contribution in [0.15, 0.2) is 35.1 Å². The number of halogens is 1. The number of H-pyrrole nitrogens is 1. The summed E-state index contributed by atoms with van der Waals surface area (Å²) >= 11 is 5.92. The van der Waals surface area contributed by atoms with Gasteiger partial charge in [0.05, 0.1) is 35.9 Å². The number of piperidine rings is 1. The van der Waals surface area contributed by atoms with Gasteiger partial charge in [-0.2, -0.15) is 0 Å². The van der Waals surface area contributed by atoms with Crippen molar-refractivity contribution >= 4 is 40.9 Å². The molecule has 1 aliphatic rings. The molecule has 11 nitrogen and oxygen atoms in total. The molecule has 0 aliphatic carbocycles. The molecule has 3 rings (SSSR count). The molecule has 0 saturated carbocycles. The van der Waals surface area contributed by atoms with Crippen molar-refractivity contribution in [3.8, 4) is 0 Å². The van der Waals surface area contributed by atoms with Crippen LogP contribution in [-0.2, 0) is 14.3 Å². The smallest absolute Gasteiger partial charge is 0.338 e. The molecule has 2 amide bonds. The Hall–Kier alpha value is -3.41. The van der Waals surface area contributed by atoms with Crippen LogP contribution >= 0.6 is 11.6 Å². The molecule has 5 N–H and O–H groups in total. The number of aromatic nitrogens is 1. The lowest BCUT2D eigenvalue weighted by atomic mass is 10.0. The van der Waals surface area contributed by atoms with Crippen LogP contribution in [0.1, 0.15) is 34.1 Å². The second kappa shape index (κ2) is 11.8. The van der Waals surface area contributed by atoms with Crippen LogP contribution in [0.3, 0.4) is 0 Å². The molecule has 1 aliphatic heterocycles. The van der Waals surface area contributed by atoms with E-state index in [1.54, 1.807) is 31.2 Å². The number of benzene rings is 1. The second-order valence-corrected chi connectivity index (χ2v) is 8.40. The number of nitrogens with zero attached hydrogens (tertiary/aromatic N) is 1. The zero-order valence-corrected chi connectivity index (χ0v) is 20.2. The van der Waals surface area contributed by atoms with E-state index < -0.39 is 23.5 Å². The highest BCUT2D eigenvalue weighted by atomic mass is 35.5. The molecular formula is C23H28ClN5O6. The zero-order valence-electron chi connectivity index (χ0n) is 19.4. The van der Waals surface area contributed by atoms with Crippen LogP contribution in [0.5, 0.6) is 0 Å². The molecule has 0 unspecified atom stereocenters. The number of pyridine rings is 1. The number of anilines is 2. The van der Waals surface area contributed by atoms with E-state index in [1.165, 1.54) is 13.2 Å². The van der Waals surface area contributed by atoms with Gasteiger partial charge in [0.15, 0.2) is 0 Å². The summed E-state index contributed by atoms with van der Waals surface area (Å²) in [5.41, 5.74) is 5.73. The van der Waals surface area contributed by atoms with Crippen molar-refractivity contribution in [2.75, 3.05) is 44.4 Å². The Morgan fingerprint density at radius 1 is 1.26 bits per heavy atom. The van der Waals surface area contributed by atoms with Gasteiger partial charge in [-0.15, -0.1) is 0 Å². The van der Waals surface area contributed by atoms with Crippen LogP contribution in [0.25, 0.3) is 0 Å². The summed E-state index contributed by atoms with van der Waals surface area (Å²) < 4.78 is 10.5. The van der Waals surface area contributed by atoms with E-state index in [1.807, 2.05) is 4.90 Å². The summed E-state index contributed by atoms with van der Waals surface area (Å²) in [7, 11) is 1.52. The normalized spacial score (nSPS) is 18.0. The third-order valence-electron chi connectivity index (χ3n) is 5.58. The Labute approximate surface area is 206 Å². The summed E-state index contributed by atoms with van der Waals surface area (Å²) in [6, 6.07) is 7.30. The molecule has 1 saturated heterocycles. The van der Waals surface area contributed by atoms with Crippen molar-refractivity contribution in [1.29, 1.82) is 0 Å². The summed E-state index contributed by atoms with van der Waals surface area (Å²) in [4.78, 5) is 53.2. The lowest BCUT2D eigenvalue weighted by Crippen LogP contribution is -2.56. The molecule has 0 spiro atoms. The number of nitrogens with two attached hydrogens (primary N) is 1. The molecule has 1 fully saturated rings. The van der Waals surface area contributed by atoms with Crippen LogP contribution < -0.4 is 21.9 Å². The van der Waals surface area contributed by atoms with Crippen LogP contribution in [0.2, 0.25) is 5.02 Å². The maximum atomic E-state index is 12.6. The Balaban J connectivity index is 1.54. The quantitative estimate of drug-likeness (QED) is 0.390. The van der Waals surface area contributed by atoms with Gasteiger partial charge in [0.2, 0.25) is 5.91 Å². The van der Waals surface area contributed by atoms with Crippen LogP contribution in [0.4, 0.5) is 11.5 Å². The number of methoxy groups -OCH3 is 1. The molecule has 1 aromatic carbocycles. The number of nitrogens with one attached hydrogen (secondary N) is 3. The maximum absolute atomic E-state index is 12.6. The van der Waals surface area contributed by atoms with Gasteiger partial charge in [0, 0.05) is 25.9 Å². The fourth-order valence-electron chi connectivity index (χ4n) is 3.77. The molecule has 2 heterocycles. The van der Waals surface area contributed by atoms with Crippen LogP contribution in [-0.4, -0.2) is 73.2 Å². The van der Waals surface area contributed by atoms with Crippen molar-refractivity contribution in [2.24, 2.45) is 0 Å². The first kappa shape index (κ1) is 26.2. The van der Waals surface area contributed by atoms with Crippen molar-refractivity contribution in [3.05, 3.63) is 56.8 Å². The van der Waals surface area contributed by atoms with Gasteiger partial charge in [-0.3, -0.25) is 19.3 Å². The number of carbonyl (C=O) groups excluding carboxylic acids is 3. The largest absolute Gasteiger partial charge is 0.462 e. The number of amides is 2. The minimum Gasteiger partial charge on any atom is -0.462 e. The Morgan fingerprint density at radius 3 is 2.63 bits per heavy atom. The number of hydrogen-bond donors (Lipinski definition) is 4. The first-order valence-electron chi connectivity index (χ1n) is 11.0. The average Bonchev–Trinajstić information content (AvgIpc) is 2.82. The monoisotopic (exact) mass is 505 g/mol. The summed E-state index contributed by atoms with van der Waals surface area (Å²) in [5.74, 6) is -1.24. The minimum absolute atomic E-state index is 0.00971. The van der Waals surface area contributed by atoms with Gasteiger partial charge in [-0.1, -0.05) is 11.6 Å². The highest BCUT2D eigenvalue weighted by Crippen LogP contribution is 2.17. The Morgan fingerprint density at radius 2 is 1.97 bits per heavy atom. The third kappa shape index (κ3) is 6.81. The number of nitrogen functional groups attached to an aromatic ring is 1. The minimum atomic E-state index is -0.636. The van der Waals surface area contributed by atoms with Crippen LogP contribution in [0, 0.1) is 0 Å². The summed E-state index contributed by atoms with van der Waals surface area (Å²) in [5, 5.41) is 5.69. The van der Waals surface area contributed by atoms with E-state index in [4.69, 9.17) is 26.8 Å². The second-order valence-electron chi connectivity index (χ2n) is 8.00. The lowest BCUT2D eigenvalue weighted by molar-refractivity contribution is -0.118. The number of carbonyl (C=O) groups is 3. The number of aromatic amines is 1. The molecule has 1 aromatic heterocycles. The predicted octanol–water partition coefficient (Wildman–Crippen LogP) is 1.25. The SMILES string of the molecule is CCOC(=O)c1ccc(NC(=O)CN2CC[C@@H](NC(=O)c3cc(Cl)c(N)[nH]c3=O)[C@@H](OC)C2)cc1. The number of likely N-dealkylation sites (tertiary alicyclic amines) is 1. The van der Waals surface area contributed by atoms with E-state index in [0.29, 0.717) is 30.8 Å². The number of esters is 1. The Kier molecular flexibility index (Phi) is 8.85. The lowest BCUT2D eigenvalue weighted by Gasteiger charge is -2.37. The standard InChI is InChI=1S/C23H28ClN5O6/c1-3-35-23(33)13-4-6-14(7-5-13)26-19(30)12-29-9-8-17(18(11-29)34-2)27-21(31)15-10-16(24)20(25)28-22(15)32/h4-7,10,17-18H,3,8-9,11-12H2,1-2H3,(H,26,30)(H,27,31)(H3,25,28,32)/t17-,18+/m1/s1. The molecular weight excluding hydrogens is 478 g/mol. The number of ether oxygens (including phenoxy) is 2. The van der Waals surface area contributed by atoms with Crippen molar-refractivity contribution in [1.82, 2.24) is 15.2 Å². The van der Waals surface area contributed by atoms with E-state index in [0.717, 1.165) is 0 Å². The molecule has 12 heteroatoms. The first-order chi connectivity index (χ1) is 16.7. The highest BCUT2D eigenvalue weighted by Gasteiger charge is 2.32. The number of hydrogen-bond acceptors (Lipinski definition) is 8. The molecule has 0 bridgehead atoms. The average molecular weight is 506 g/mol. The van der Waals surface area contributed by atoms with Gasteiger partial charge in [-0.25, -0.2) is 4.79 Å². The van der Waals surface area contributed by atoms with Crippen molar-refractivity contribution in [3.63, 3.8) is 0 Å². The van der Waals surface area contributed by atoms with Gasteiger partial charge in [0.25, 0.3) is 11.5 Å². The molecule has 2 aromatic rings. The molecule has 188 valence electrons. The maximum Gasteiger partial charge on any atom is 0.338 e. The molecule has 35 heavy (non-hydrogen) atoms. The highest BCUT2D eigenvalue weighted by molar-refractivity contribution is 6.33. The van der Waals surface area contributed by atoms with Gasteiger partial charge >= 0.3 is 5.97 Å². The topological polar surface area (TPSA) is 156 Å². The number of rotatable bonds is 8. The fraction of sp³-hybridized carbons (Fsp3) is 0.391. The van der Waals surface area contributed by atoms with E-state index in [-0.39, 0.29) is 41.5 Å².